The van der Waals surface area contributed by atoms with Crippen LogP contribution in [0.1, 0.15) is 0 Å². The number of hydrogen-bond donors (Lipinski definition) is 0. The smallest absolute Gasteiger partial charge is 0.263 e. The number of halogens is 2. The molecule has 0 fully saturated rings. The number of rotatable bonds is 1. The normalized spacial score (nSPS) is 6.67. The Morgan fingerprint density at radius 1 is 1.56 bits per heavy atom. The third-order valence-electron chi connectivity index (χ3n) is 0.211. The second-order valence-electron chi connectivity index (χ2n) is 1.41. The van der Waals surface area contributed by atoms with Gasteiger partial charge in [-0.15, -0.1) is 0 Å². The number of nitrogens with zero attached hydrogens (tertiary/aromatic N) is 1. The molecule has 0 aliphatic heterocycles. The summed E-state index contributed by atoms with van der Waals surface area (Å²) in [5, 5.41) is 0. The highest BCUT2D eigenvalue weighted by Gasteiger charge is 1.68. The topological polar surface area (TPSA) is 20.3 Å². The van der Waals surface area contributed by atoms with Gasteiger partial charge in [0.1, 0.15) is 0 Å². The maximum Gasteiger partial charge on any atom is 0.263 e. The zero-order chi connectivity index (χ0) is 7.86. The van der Waals surface area contributed by atoms with E-state index in [1.54, 1.807) is 14.1 Å². The van der Waals surface area contributed by atoms with E-state index < -0.39 is 6.08 Å². The maximum absolute atomic E-state index is 10.1. The molecule has 0 saturated carbocycles. The zero-order valence-corrected chi connectivity index (χ0v) is 5.40. The summed E-state index contributed by atoms with van der Waals surface area (Å²) in [6.45, 7) is 2.22. The summed E-state index contributed by atoms with van der Waals surface area (Å²) >= 11 is 0. The van der Waals surface area contributed by atoms with Gasteiger partial charge in [-0.2, -0.15) is 8.78 Å². The van der Waals surface area contributed by atoms with Gasteiger partial charge in [0, 0.05) is 14.1 Å². The summed E-state index contributed by atoms with van der Waals surface area (Å²) in [5.41, 5.74) is 0. The zero-order valence-electron chi connectivity index (χ0n) is 5.40. The van der Waals surface area contributed by atoms with Gasteiger partial charge in [0.2, 0.25) is 6.41 Å². The van der Waals surface area contributed by atoms with E-state index in [1.807, 2.05) is 0 Å². The van der Waals surface area contributed by atoms with E-state index in [4.69, 9.17) is 0 Å². The lowest BCUT2D eigenvalue weighted by Gasteiger charge is -1.93. The van der Waals surface area contributed by atoms with Crippen molar-refractivity contribution in [1.29, 1.82) is 0 Å². The largest absolute Gasteiger partial charge is 0.351 e. The number of hydrogen-bond acceptors (Lipinski definition) is 1. The molecule has 0 aromatic heterocycles. The lowest BCUT2D eigenvalue weighted by molar-refractivity contribution is -0.115. The van der Waals surface area contributed by atoms with Gasteiger partial charge < -0.3 is 4.90 Å². The minimum atomic E-state index is -1.83. The van der Waals surface area contributed by atoms with Gasteiger partial charge in [-0.05, 0) is 6.58 Å². The molecule has 0 aliphatic carbocycles. The second-order valence-corrected chi connectivity index (χ2v) is 1.41. The Hall–Kier alpha value is -0.930. The first kappa shape index (κ1) is 10.9. The molecule has 0 rings (SSSR count). The van der Waals surface area contributed by atoms with Crippen LogP contribution in [0.4, 0.5) is 8.78 Å². The highest BCUT2D eigenvalue weighted by atomic mass is 19.3. The summed E-state index contributed by atoms with van der Waals surface area (Å²) in [5.74, 6) is 0. The average molecular weight is 137 g/mol. The van der Waals surface area contributed by atoms with Crippen LogP contribution in [0.5, 0.6) is 0 Å². The van der Waals surface area contributed by atoms with Crippen molar-refractivity contribution in [2.75, 3.05) is 14.1 Å². The fourth-order valence-corrected chi connectivity index (χ4v) is 0. The molecule has 9 heavy (non-hydrogen) atoms. The standard InChI is InChI=1S/C3H7NO.C2H2F2/c1-4(2)3-5;1-2(3)4/h3H,1-2H3;1H2. The first-order valence-electron chi connectivity index (χ1n) is 2.12. The monoisotopic (exact) mass is 137 g/mol. The van der Waals surface area contributed by atoms with E-state index in [1.165, 1.54) is 4.90 Å². The molecule has 0 N–H and O–H groups in total. The van der Waals surface area contributed by atoms with E-state index in [0.717, 1.165) is 6.41 Å². The molecule has 0 bridgehead atoms. The fourth-order valence-electron chi connectivity index (χ4n) is 0. The van der Waals surface area contributed by atoms with Crippen molar-refractivity contribution in [3.05, 3.63) is 12.7 Å². The minimum absolute atomic E-state index is 0.750. The molecular formula is C5H9F2NO. The van der Waals surface area contributed by atoms with Crippen molar-refractivity contribution >= 4 is 6.41 Å². The molecule has 0 aromatic rings. The molecule has 2 nitrogen and oxygen atoms in total. The highest BCUT2D eigenvalue weighted by molar-refractivity contribution is 5.45. The van der Waals surface area contributed by atoms with Crippen LogP contribution in [0.2, 0.25) is 0 Å². The summed E-state index contributed by atoms with van der Waals surface area (Å²) in [6.07, 6.45) is -1.08. The Kier molecular flexibility index (Phi) is 8.60. The lowest BCUT2D eigenvalue weighted by Crippen LogP contribution is -2.06. The Morgan fingerprint density at radius 3 is 1.67 bits per heavy atom. The van der Waals surface area contributed by atoms with Crippen molar-refractivity contribution in [3.8, 4) is 0 Å². The summed E-state index contributed by atoms with van der Waals surface area (Å²) in [4.78, 5) is 10.9. The van der Waals surface area contributed by atoms with Crippen molar-refractivity contribution < 1.29 is 13.6 Å². The molecule has 0 aromatic carbocycles. The third kappa shape index (κ3) is 159. The predicted molar refractivity (Wildman–Crippen MR) is 31.1 cm³/mol. The minimum Gasteiger partial charge on any atom is -0.351 e. The van der Waals surface area contributed by atoms with Crippen LogP contribution >= 0.6 is 0 Å². The SMILES string of the molecule is C=C(F)F.CN(C)C=O. The average Bonchev–Trinajstić information content (AvgIpc) is 1.65. The quantitative estimate of drug-likeness (QED) is 0.495. The Bertz CT molecular complexity index is 89.0. The van der Waals surface area contributed by atoms with Crippen LogP contribution < -0.4 is 0 Å². The van der Waals surface area contributed by atoms with Crippen LogP contribution in [0, 0.1) is 0 Å². The predicted octanol–water partition coefficient (Wildman–Crippen LogP) is 1.10. The second kappa shape index (κ2) is 7.07. The van der Waals surface area contributed by atoms with Crippen molar-refractivity contribution in [2.24, 2.45) is 0 Å². The highest BCUT2D eigenvalue weighted by Crippen LogP contribution is 1.85. The van der Waals surface area contributed by atoms with Gasteiger partial charge in [-0.3, -0.25) is 4.79 Å². The molecule has 0 spiro atoms. The first-order valence-corrected chi connectivity index (χ1v) is 2.12. The van der Waals surface area contributed by atoms with E-state index >= 15 is 0 Å². The van der Waals surface area contributed by atoms with Gasteiger partial charge in [0.15, 0.2) is 0 Å². The molecule has 0 aliphatic rings. The molecule has 1 amide bonds. The van der Waals surface area contributed by atoms with Gasteiger partial charge in [0.25, 0.3) is 6.08 Å². The number of carbonyl (C=O) groups is 1. The number of amides is 1. The molecular weight excluding hydrogens is 128 g/mol. The fraction of sp³-hybridized carbons (Fsp3) is 0.400. The van der Waals surface area contributed by atoms with Crippen LogP contribution in [-0.2, 0) is 4.79 Å². The van der Waals surface area contributed by atoms with Crippen molar-refractivity contribution in [3.63, 3.8) is 0 Å². The van der Waals surface area contributed by atoms with E-state index in [-0.39, 0.29) is 0 Å². The van der Waals surface area contributed by atoms with Crippen LogP contribution in [-0.4, -0.2) is 25.4 Å². The molecule has 54 valence electrons. The summed E-state index contributed by atoms with van der Waals surface area (Å²) in [6, 6.07) is 0. The van der Waals surface area contributed by atoms with E-state index in [9.17, 15) is 13.6 Å². The van der Waals surface area contributed by atoms with Gasteiger partial charge >= 0.3 is 0 Å². The van der Waals surface area contributed by atoms with E-state index in [0.29, 0.717) is 0 Å². The maximum atomic E-state index is 10.1. The van der Waals surface area contributed by atoms with Gasteiger partial charge in [-0.1, -0.05) is 0 Å². The van der Waals surface area contributed by atoms with Crippen molar-refractivity contribution in [2.45, 2.75) is 0 Å². The molecule has 0 atom stereocenters. The van der Waals surface area contributed by atoms with Crippen LogP contribution in [0.25, 0.3) is 0 Å². The molecule has 0 radical (unpaired) electrons. The number of carbonyl (C=O) groups excluding carboxylic acids is 1. The molecule has 4 heteroatoms. The Labute approximate surface area is 52.8 Å². The summed E-state index contributed by atoms with van der Waals surface area (Å²) in [7, 11) is 3.38. The van der Waals surface area contributed by atoms with Crippen LogP contribution in [0.3, 0.4) is 0 Å². The molecule has 0 unspecified atom stereocenters. The molecule has 0 heterocycles. The van der Waals surface area contributed by atoms with Gasteiger partial charge in [-0.25, -0.2) is 0 Å². The van der Waals surface area contributed by atoms with Crippen LogP contribution in [0.15, 0.2) is 12.7 Å². The first-order chi connectivity index (χ1) is 4.00. The molecule has 0 saturated heterocycles. The Balaban J connectivity index is 0. The van der Waals surface area contributed by atoms with Gasteiger partial charge in [0.05, 0.1) is 0 Å². The Morgan fingerprint density at radius 2 is 1.67 bits per heavy atom. The summed E-state index contributed by atoms with van der Waals surface area (Å²) < 4.78 is 20.3. The van der Waals surface area contributed by atoms with E-state index in [2.05, 4.69) is 6.58 Å². The van der Waals surface area contributed by atoms with Crippen molar-refractivity contribution in [1.82, 2.24) is 4.90 Å². The lowest BCUT2D eigenvalue weighted by atomic mass is 11.0. The third-order valence-corrected chi connectivity index (χ3v) is 0.211.